The lowest BCUT2D eigenvalue weighted by molar-refractivity contribution is -0.141. The van der Waals surface area contributed by atoms with Gasteiger partial charge in [0.15, 0.2) is 0 Å². The van der Waals surface area contributed by atoms with Crippen LogP contribution in [0.25, 0.3) is 0 Å². The molecule has 1 aliphatic heterocycles. The molecule has 1 aromatic rings. The van der Waals surface area contributed by atoms with E-state index in [1.807, 2.05) is 30.0 Å². The zero-order chi connectivity index (χ0) is 15.6. The minimum atomic E-state index is -0.413. The summed E-state index contributed by atoms with van der Waals surface area (Å²) in [6, 6.07) is 6.58. The highest BCUT2D eigenvalue weighted by atomic mass is 35.5. The number of imide groups is 1. The monoisotopic (exact) mass is 309 g/mol. The zero-order valence-electron chi connectivity index (χ0n) is 12.2. The Morgan fingerprint density at radius 3 is 2.81 bits per heavy atom. The smallest absolute Gasteiger partial charge is 0.243 e. The number of amides is 2. The first kappa shape index (κ1) is 15.9. The highest BCUT2D eigenvalue weighted by Gasteiger charge is 2.37. The Kier molecular flexibility index (Phi) is 4.98. The number of benzene rings is 1. The van der Waals surface area contributed by atoms with Gasteiger partial charge in [-0.2, -0.15) is 0 Å². The molecule has 0 aliphatic carbocycles. The first-order valence-corrected chi connectivity index (χ1v) is 7.42. The summed E-state index contributed by atoms with van der Waals surface area (Å²) in [5, 5.41) is 2.96. The van der Waals surface area contributed by atoms with Crippen LogP contribution in [0.3, 0.4) is 0 Å². The van der Waals surface area contributed by atoms with Gasteiger partial charge in [-0.25, -0.2) is 0 Å². The Bertz CT molecular complexity index is 549. The van der Waals surface area contributed by atoms with E-state index in [0.29, 0.717) is 5.02 Å². The predicted molar refractivity (Wildman–Crippen MR) is 81.8 cm³/mol. The van der Waals surface area contributed by atoms with Crippen LogP contribution in [0.1, 0.15) is 31.9 Å². The first-order valence-electron chi connectivity index (χ1n) is 7.04. The molecule has 1 fully saturated rings. The number of carbonyl (C=O) groups excluding carboxylic acids is 2. The van der Waals surface area contributed by atoms with Gasteiger partial charge in [0.2, 0.25) is 11.8 Å². The van der Waals surface area contributed by atoms with Gasteiger partial charge in [-0.15, -0.1) is 0 Å². The van der Waals surface area contributed by atoms with Crippen LogP contribution in [0.15, 0.2) is 24.3 Å². The van der Waals surface area contributed by atoms with Crippen LogP contribution >= 0.6 is 11.6 Å². The molecule has 0 saturated carbocycles. The van der Waals surface area contributed by atoms with Crippen molar-refractivity contribution in [3.8, 4) is 0 Å². The zero-order valence-corrected chi connectivity index (χ0v) is 12.9. The van der Waals surface area contributed by atoms with E-state index in [-0.39, 0.29) is 30.4 Å². The topological polar surface area (TPSA) is 75.4 Å². The van der Waals surface area contributed by atoms with Crippen LogP contribution in [-0.4, -0.2) is 35.3 Å². The number of nitrogens with two attached hydrogens (primary N) is 1. The van der Waals surface area contributed by atoms with Gasteiger partial charge in [0.05, 0.1) is 18.6 Å². The van der Waals surface area contributed by atoms with E-state index in [2.05, 4.69) is 5.32 Å². The molecule has 1 heterocycles. The molecule has 0 radical (unpaired) electrons. The second-order valence-corrected chi connectivity index (χ2v) is 5.77. The van der Waals surface area contributed by atoms with Crippen molar-refractivity contribution in [2.45, 2.75) is 38.4 Å². The number of rotatable bonds is 4. The molecule has 0 aromatic heterocycles. The molecule has 3 unspecified atom stereocenters. The van der Waals surface area contributed by atoms with Crippen molar-refractivity contribution < 1.29 is 9.59 Å². The van der Waals surface area contributed by atoms with Crippen molar-refractivity contribution in [1.82, 2.24) is 10.2 Å². The molecule has 1 aromatic carbocycles. The van der Waals surface area contributed by atoms with Gasteiger partial charge in [0.1, 0.15) is 0 Å². The summed E-state index contributed by atoms with van der Waals surface area (Å²) in [7, 11) is 0. The van der Waals surface area contributed by atoms with Crippen molar-refractivity contribution in [3.05, 3.63) is 34.9 Å². The lowest BCUT2D eigenvalue weighted by atomic mass is 9.94. The van der Waals surface area contributed by atoms with Crippen LogP contribution in [0.5, 0.6) is 0 Å². The molecule has 3 atom stereocenters. The van der Waals surface area contributed by atoms with E-state index >= 15 is 0 Å². The number of piperazine rings is 1. The molecule has 0 spiro atoms. The van der Waals surface area contributed by atoms with Gasteiger partial charge in [-0.05, 0) is 31.0 Å². The van der Waals surface area contributed by atoms with E-state index in [9.17, 15) is 9.59 Å². The maximum atomic E-state index is 11.9. The van der Waals surface area contributed by atoms with Crippen LogP contribution < -0.4 is 11.1 Å². The normalized spacial score (nSPS) is 22.8. The average Bonchev–Trinajstić information content (AvgIpc) is 2.44. The van der Waals surface area contributed by atoms with Crippen LogP contribution in [0.2, 0.25) is 5.02 Å². The van der Waals surface area contributed by atoms with E-state index < -0.39 is 6.04 Å². The molecular formula is C15H20ClN3O2. The van der Waals surface area contributed by atoms with E-state index in [1.54, 1.807) is 13.0 Å². The summed E-state index contributed by atoms with van der Waals surface area (Å²) in [4.78, 5) is 25.4. The Balaban J connectivity index is 2.40. The van der Waals surface area contributed by atoms with Gasteiger partial charge in [0, 0.05) is 11.1 Å². The molecule has 0 bridgehead atoms. The Morgan fingerprint density at radius 1 is 1.48 bits per heavy atom. The quantitative estimate of drug-likeness (QED) is 0.826. The van der Waals surface area contributed by atoms with Gasteiger partial charge >= 0.3 is 0 Å². The Morgan fingerprint density at radius 2 is 2.19 bits per heavy atom. The number of hydrogen-bond acceptors (Lipinski definition) is 4. The van der Waals surface area contributed by atoms with Crippen molar-refractivity contribution >= 4 is 23.4 Å². The summed E-state index contributed by atoms with van der Waals surface area (Å²) >= 11 is 6.06. The lowest BCUT2D eigenvalue weighted by Gasteiger charge is -2.40. The maximum absolute atomic E-state index is 11.9. The summed E-state index contributed by atoms with van der Waals surface area (Å²) in [5.74, 6) is -0.588. The number of halogens is 1. The third-order valence-electron chi connectivity index (χ3n) is 3.89. The minimum Gasteiger partial charge on any atom is -0.326 e. The fourth-order valence-corrected chi connectivity index (χ4v) is 2.87. The predicted octanol–water partition coefficient (Wildman–Crippen LogP) is 1.47. The second-order valence-electron chi connectivity index (χ2n) is 5.33. The summed E-state index contributed by atoms with van der Waals surface area (Å²) in [5.41, 5.74) is 7.18. The SMILES string of the molecule is CCC(N)C(c1cccc(Cl)c1)N1CC(=O)NC(=O)C1C. The third-order valence-corrected chi connectivity index (χ3v) is 4.13. The molecule has 1 aliphatic rings. The molecule has 2 amide bonds. The van der Waals surface area contributed by atoms with Crippen molar-refractivity contribution in [3.63, 3.8) is 0 Å². The van der Waals surface area contributed by atoms with Crippen molar-refractivity contribution in [2.75, 3.05) is 6.54 Å². The highest BCUT2D eigenvalue weighted by molar-refractivity contribution is 6.30. The standard InChI is InChI=1S/C15H20ClN3O2/c1-3-12(17)14(10-5-4-6-11(16)7-10)19-8-13(20)18-15(21)9(19)2/h4-7,9,12,14H,3,8,17H2,1-2H3,(H,18,20,21). The largest absolute Gasteiger partial charge is 0.326 e. The molecule has 2 rings (SSSR count). The fourth-order valence-electron chi connectivity index (χ4n) is 2.67. The van der Waals surface area contributed by atoms with E-state index in [4.69, 9.17) is 17.3 Å². The van der Waals surface area contributed by atoms with Crippen molar-refractivity contribution in [2.24, 2.45) is 5.73 Å². The number of nitrogens with one attached hydrogen (secondary N) is 1. The minimum absolute atomic E-state index is 0.151. The molecule has 6 heteroatoms. The van der Waals surface area contributed by atoms with Crippen LogP contribution in [0, 0.1) is 0 Å². The Hall–Kier alpha value is -1.43. The highest BCUT2D eigenvalue weighted by Crippen LogP contribution is 2.29. The van der Waals surface area contributed by atoms with Crippen LogP contribution in [0.4, 0.5) is 0 Å². The van der Waals surface area contributed by atoms with Gasteiger partial charge in [-0.1, -0.05) is 30.7 Å². The fraction of sp³-hybridized carbons (Fsp3) is 0.467. The third kappa shape index (κ3) is 3.43. The number of nitrogens with zero attached hydrogens (tertiary/aromatic N) is 1. The number of carbonyl (C=O) groups is 2. The second kappa shape index (κ2) is 6.56. The van der Waals surface area contributed by atoms with Crippen molar-refractivity contribution in [1.29, 1.82) is 0 Å². The van der Waals surface area contributed by atoms with Gasteiger partial charge < -0.3 is 5.73 Å². The first-order chi connectivity index (χ1) is 9.93. The summed E-state index contributed by atoms with van der Waals surface area (Å²) in [6.07, 6.45) is 0.732. The maximum Gasteiger partial charge on any atom is 0.243 e. The lowest BCUT2D eigenvalue weighted by Crippen LogP contribution is -2.59. The van der Waals surface area contributed by atoms with Gasteiger partial charge in [-0.3, -0.25) is 19.8 Å². The van der Waals surface area contributed by atoms with Crippen LogP contribution in [-0.2, 0) is 9.59 Å². The molecule has 21 heavy (non-hydrogen) atoms. The average molecular weight is 310 g/mol. The Labute approximate surface area is 129 Å². The summed E-state index contributed by atoms with van der Waals surface area (Å²) < 4.78 is 0. The molecular weight excluding hydrogens is 290 g/mol. The molecule has 3 N–H and O–H groups in total. The summed E-state index contributed by atoms with van der Waals surface area (Å²) in [6.45, 7) is 3.91. The van der Waals surface area contributed by atoms with E-state index in [1.165, 1.54) is 0 Å². The van der Waals surface area contributed by atoms with Gasteiger partial charge in [0.25, 0.3) is 0 Å². The molecule has 114 valence electrons. The molecule has 5 nitrogen and oxygen atoms in total. The number of hydrogen-bond donors (Lipinski definition) is 2. The molecule has 1 saturated heterocycles. The van der Waals surface area contributed by atoms with E-state index in [0.717, 1.165) is 12.0 Å².